The third-order valence-electron chi connectivity index (χ3n) is 5.69. The molecule has 0 bridgehead atoms. The lowest BCUT2D eigenvalue weighted by Crippen LogP contribution is -2.40. The number of carbonyl (C=O) groups excluding carboxylic acids is 1. The van der Waals surface area contributed by atoms with E-state index in [2.05, 4.69) is 9.97 Å². The van der Waals surface area contributed by atoms with Crippen molar-refractivity contribution in [1.29, 1.82) is 0 Å². The molecule has 0 saturated heterocycles. The van der Waals surface area contributed by atoms with Gasteiger partial charge in [-0.1, -0.05) is 6.07 Å². The lowest BCUT2D eigenvalue weighted by molar-refractivity contribution is 0.0581. The van der Waals surface area contributed by atoms with Crippen LogP contribution in [0.15, 0.2) is 24.7 Å². The first-order valence-electron chi connectivity index (χ1n) is 10.8. The zero-order chi connectivity index (χ0) is 23.5. The number of nitrogen functional groups attached to an aromatic ring is 1. The summed E-state index contributed by atoms with van der Waals surface area (Å²) in [6, 6.07) is 3.93. The van der Waals surface area contributed by atoms with Gasteiger partial charge >= 0.3 is 12.2 Å². The van der Waals surface area contributed by atoms with E-state index in [1.54, 1.807) is 26.8 Å². The molecule has 1 fully saturated rings. The molecule has 0 spiro atoms. The second-order valence-corrected chi connectivity index (χ2v) is 9.28. The Morgan fingerprint density at radius 3 is 2.67 bits per heavy atom. The van der Waals surface area contributed by atoms with Crippen molar-refractivity contribution < 1.29 is 24.2 Å². The number of imide groups is 1. The Morgan fingerprint density at radius 1 is 1.24 bits per heavy atom. The maximum atomic E-state index is 12.9. The molecular formula is C23H25N5O5. The van der Waals surface area contributed by atoms with E-state index in [4.69, 9.17) is 15.2 Å². The van der Waals surface area contributed by atoms with E-state index in [9.17, 15) is 14.7 Å². The highest BCUT2D eigenvalue weighted by atomic mass is 16.6. The van der Waals surface area contributed by atoms with Crippen LogP contribution >= 0.6 is 0 Å². The van der Waals surface area contributed by atoms with Gasteiger partial charge < -0.3 is 24.9 Å². The van der Waals surface area contributed by atoms with Gasteiger partial charge in [-0.2, -0.15) is 4.90 Å². The number of ether oxygens (including phenoxy) is 2. The predicted molar refractivity (Wildman–Crippen MR) is 122 cm³/mol. The summed E-state index contributed by atoms with van der Waals surface area (Å²) in [5, 5.41) is 10.4. The highest BCUT2D eigenvalue weighted by Gasteiger charge is 2.35. The molecule has 3 aromatic rings. The molecule has 0 unspecified atom stereocenters. The minimum Gasteiger partial charge on any atom is -0.491 e. The van der Waals surface area contributed by atoms with Gasteiger partial charge in [-0.3, -0.25) is 0 Å². The summed E-state index contributed by atoms with van der Waals surface area (Å²) in [5.41, 5.74) is 8.87. The number of carbonyl (C=O) groups is 2. The van der Waals surface area contributed by atoms with E-state index in [1.165, 1.54) is 6.33 Å². The van der Waals surface area contributed by atoms with Crippen LogP contribution in [-0.2, 0) is 11.2 Å². The Bertz CT molecular complexity index is 1290. The molecule has 1 aromatic carbocycles. The monoisotopic (exact) mass is 451 g/mol. The number of rotatable bonds is 3. The highest BCUT2D eigenvalue weighted by molar-refractivity contribution is 6.15. The largest absolute Gasteiger partial charge is 0.491 e. The van der Waals surface area contributed by atoms with Gasteiger partial charge in [-0.25, -0.2) is 19.6 Å². The van der Waals surface area contributed by atoms with Crippen LogP contribution in [-0.4, -0.2) is 44.0 Å². The fourth-order valence-corrected chi connectivity index (χ4v) is 4.21. The van der Waals surface area contributed by atoms with Crippen molar-refractivity contribution in [2.45, 2.75) is 51.7 Å². The van der Waals surface area contributed by atoms with Gasteiger partial charge in [0.2, 0.25) is 0 Å². The molecular weight excluding hydrogens is 426 g/mol. The summed E-state index contributed by atoms with van der Waals surface area (Å²) in [7, 11) is 0. The molecule has 5 rings (SSSR count). The fourth-order valence-electron chi connectivity index (χ4n) is 4.21. The fraction of sp³-hybridized carbons (Fsp3) is 0.391. The van der Waals surface area contributed by atoms with Gasteiger partial charge in [0, 0.05) is 29.8 Å². The number of carboxylic acid groups (broad SMARTS) is 1. The van der Waals surface area contributed by atoms with Crippen LogP contribution in [0.5, 0.6) is 5.75 Å². The number of nitrogens with two attached hydrogens (primary N) is 1. The average Bonchev–Trinajstić information content (AvgIpc) is 3.30. The summed E-state index contributed by atoms with van der Waals surface area (Å²) < 4.78 is 13.1. The summed E-state index contributed by atoms with van der Waals surface area (Å²) in [5.74, 6) is 0.598. The molecule has 10 nitrogen and oxygen atoms in total. The van der Waals surface area contributed by atoms with Crippen molar-refractivity contribution in [2.24, 2.45) is 0 Å². The van der Waals surface area contributed by atoms with E-state index >= 15 is 0 Å². The summed E-state index contributed by atoms with van der Waals surface area (Å²) in [6.07, 6.45) is 3.40. The third kappa shape index (κ3) is 3.61. The molecule has 1 aliphatic carbocycles. The van der Waals surface area contributed by atoms with E-state index in [0.717, 1.165) is 29.5 Å². The first-order chi connectivity index (χ1) is 15.7. The molecule has 2 aliphatic rings. The molecule has 0 radical (unpaired) electrons. The molecule has 3 N–H and O–H groups in total. The van der Waals surface area contributed by atoms with E-state index in [0.29, 0.717) is 40.4 Å². The molecule has 0 atom stereocenters. The molecule has 1 aliphatic heterocycles. The standard InChI is InChI=1S/C23H25N5O5/c1-23(2,3)33-22(31)28(21(29)30)20-17-15(10-27(12-4-5-12)19(17)25-11-26-20)13-6-7-16(24)18-14(13)8-9-32-18/h6-7,10-12H,4-5,8-9,24H2,1-3H3,(H,29,30). The first kappa shape index (κ1) is 21.0. The van der Waals surface area contributed by atoms with Crippen LogP contribution < -0.4 is 15.4 Å². The third-order valence-corrected chi connectivity index (χ3v) is 5.69. The van der Waals surface area contributed by atoms with Crippen molar-refractivity contribution in [3.8, 4) is 16.9 Å². The summed E-state index contributed by atoms with van der Waals surface area (Å²) >= 11 is 0. The van der Waals surface area contributed by atoms with Crippen LogP contribution in [0.4, 0.5) is 21.1 Å². The topological polar surface area (TPSA) is 133 Å². The Kier molecular flexibility index (Phi) is 4.70. The van der Waals surface area contributed by atoms with Gasteiger partial charge in [0.15, 0.2) is 5.82 Å². The second-order valence-electron chi connectivity index (χ2n) is 9.28. The Hall–Kier alpha value is -3.82. The van der Waals surface area contributed by atoms with Crippen LogP contribution in [0, 0.1) is 0 Å². The van der Waals surface area contributed by atoms with E-state index in [-0.39, 0.29) is 11.9 Å². The lowest BCUT2D eigenvalue weighted by atomic mass is 9.97. The Labute approximate surface area is 189 Å². The SMILES string of the molecule is CC(C)(C)OC(=O)N(C(=O)O)c1ncnc2c1c(-c1ccc(N)c3c1CCO3)cn2C1CC1. The second kappa shape index (κ2) is 7.36. The summed E-state index contributed by atoms with van der Waals surface area (Å²) in [6.45, 7) is 5.54. The van der Waals surface area contributed by atoms with Crippen LogP contribution in [0.25, 0.3) is 22.2 Å². The number of aromatic nitrogens is 3. The Morgan fingerprint density at radius 2 is 2.00 bits per heavy atom. The highest BCUT2D eigenvalue weighted by Crippen LogP contribution is 2.46. The minimum atomic E-state index is -1.49. The van der Waals surface area contributed by atoms with Crippen molar-refractivity contribution >= 4 is 34.7 Å². The molecule has 33 heavy (non-hydrogen) atoms. The van der Waals surface area contributed by atoms with Crippen molar-refractivity contribution in [1.82, 2.24) is 14.5 Å². The number of hydrogen-bond acceptors (Lipinski definition) is 7. The molecule has 2 aromatic heterocycles. The zero-order valence-electron chi connectivity index (χ0n) is 18.7. The molecule has 1 saturated carbocycles. The average molecular weight is 451 g/mol. The van der Waals surface area contributed by atoms with Crippen LogP contribution in [0.2, 0.25) is 0 Å². The van der Waals surface area contributed by atoms with Crippen LogP contribution in [0.3, 0.4) is 0 Å². The quantitative estimate of drug-likeness (QED) is 0.561. The van der Waals surface area contributed by atoms with Gasteiger partial charge in [-0.05, 0) is 45.2 Å². The number of anilines is 2. The van der Waals surface area contributed by atoms with Gasteiger partial charge in [0.25, 0.3) is 0 Å². The smallest absolute Gasteiger partial charge is 0.425 e. The number of hydrogen-bond donors (Lipinski definition) is 2. The number of nitrogens with zero attached hydrogens (tertiary/aromatic N) is 4. The van der Waals surface area contributed by atoms with E-state index in [1.807, 2.05) is 16.8 Å². The van der Waals surface area contributed by atoms with Gasteiger partial charge in [0.1, 0.15) is 23.3 Å². The molecule has 2 amide bonds. The van der Waals surface area contributed by atoms with Crippen molar-refractivity contribution in [3.05, 3.63) is 30.2 Å². The molecule has 172 valence electrons. The number of fused-ring (bicyclic) bond motifs is 2. The zero-order valence-corrected chi connectivity index (χ0v) is 18.7. The van der Waals surface area contributed by atoms with Crippen molar-refractivity contribution in [2.75, 3.05) is 17.2 Å². The van der Waals surface area contributed by atoms with Gasteiger partial charge in [0.05, 0.1) is 17.7 Å². The summed E-state index contributed by atoms with van der Waals surface area (Å²) in [4.78, 5) is 34.4. The molecule has 3 heterocycles. The Balaban J connectivity index is 1.76. The maximum absolute atomic E-state index is 12.9. The number of benzene rings is 1. The molecule has 10 heteroatoms. The maximum Gasteiger partial charge on any atom is 0.425 e. The van der Waals surface area contributed by atoms with E-state index < -0.39 is 17.8 Å². The predicted octanol–water partition coefficient (Wildman–Crippen LogP) is 4.37. The lowest BCUT2D eigenvalue weighted by Gasteiger charge is -2.24. The minimum absolute atomic E-state index is 0.0411. The van der Waals surface area contributed by atoms with Crippen molar-refractivity contribution in [3.63, 3.8) is 0 Å². The first-order valence-corrected chi connectivity index (χ1v) is 10.8. The number of amides is 2. The normalized spacial score (nSPS) is 15.2. The van der Waals surface area contributed by atoms with Gasteiger partial charge in [-0.15, -0.1) is 0 Å². The van der Waals surface area contributed by atoms with Crippen LogP contribution in [0.1, 0.15) is 45.2 Å².